The molecule has 0 heterocycles. The summed E-state index contributed by atoms with van der Waals surface area (Å²) in [4.78, 5) is 0. The van der Waals surface area contributed by atoms with Crippen LogP contribution in [0, 0.1) is 5.82 Å². The average molecular weight is 232 g/mol. The molecule has 0 aromatic heterocycles. The van der Waals surface area contributed by atoms with Gasteiger partial charge in [-0.1, -0.05) is 18.2 Å². The van der Waals surface area contributed by atoms with Gasteiger partial charge in [0, 0.05) is 5.56 Å². The SMILES string of the molecule is COc1ccccc1COc1ccc(F)cc1. The molecule has 0 fully saturated rings. The fourth-order valence-electron chi connectivity index (χ4n) is 1.51. The summed E-state index contributed by atoms with van der Waals surface area (Å²) in [6.45, 7) is 0.398. The van der Waals surface area contributed by atoms with Crippen LogP contribution in [0.5, 0.6) is 11.5 Å². The van der Waals surface area contributed by atoms with E-state index >= 15 is 0 Å². The van der Waals surface area contributed by atoms with Gasteiger partial charge in [0.25, 0.3) is 0 Å². The first-order valence-electron chi connectivity index (χ1n) is 5.30. The van der Waals surface area contributed by atoms with Crippen LogP contribution in [0.15, 0.2) is 48.5 Å². The maximum Gasteiger partial charge on any atom is 0.125 e. The van der Waals surface area contributed by atoms with Gasteiger partial charge in [-0.2, -0.15) is 0 Å². The van der Waals surface area contributed by atoms with Crippen LogP contribution in [-0.2, 0) is 6.61 Å². The van der Waals surface area contributed by atoms with Gasteiger partial charge < -0.3 is 9.47 Å². The molecule has 2 rings (SSSR count). The van der Waals surface area contributed by atoms with E-state index in [2.05, 4.69) is 0 Å². The summed E-state index contributed by atoms with van der Waals surface area (Å²) in [5, 5.41) is 0. The number of ether oxygens (including phenoxy) is 2. The van der Waals surface area contributed by atoms with E-state index < -0.39 is 0 Å². The zero-order valence-electron chi connectivity index (χ0n) is 9.52. The van der Waals surface area contributed by atoms with E-state index in [4.69, 9.17) is 9.47 Å². The summed E-state index contributed by atoms with van der Waals surface area (Å²) >= 11 is 0. The van der Waals surface area contributed by atoms with Crippen molar-refractivity contribution >= 4 is 0 Å². The molecule has 2 aromatic rings. The molecule has 2 aromatic carbocycles. The molecule has 3 heteroatoms. The normalized spacial score (nSPS) is 10.0. The van der Waals surface area contributed by atoms with Gasteiger partial charge in [-0.15, -0.1) is 0 Å². The molecule has 0 amide bonds. The van der Waals surface area contributed by atoms with Crippen molar-refractivity contribution in [1.29, 1.82) is 0 Å². The molecule has 0 aliphatic carbocycles. The maximum absolute atomic E-state index is 12.7. The summed E-state index contributed by atoms with van der Waals surface area (Å²) in [6.07, 6.45) is 0. The first-order chi connectivity index (χ1) is 8.29. The first kappa shape index (κ1) is 11.5. The molecular formula is C14H13FO2. The fourth-order valence-corrected chi connectivity index (χ4v) is 1.51. The number of methoxy groups -OCH3 is 1. The standard InChI is InChI=1S/C14H13FO2/c1-16-14-5-3-2-4-11(14)10-17-13-8-6-12(15)7-9-13/h2-9H,10H2,1H3. The number of rotatable bonds is 4. The largest absolute Gasteiger partial charge is 0.496 e. The van der Waals surface area contributed by atoms with Crippen LogP contribution in [0.1, 0.15) is 5.56 Å². The molecular weight excluding hydrogens is 219 g/mol. The Morgan fingerprint density at radius 3 is 2.41 bits per heavy atom. The highest BCUT2D eigenvalue weighted by Crippen LogP contribution is 2.20. The molecule has 0 aliphatic rings. The van der Waals surface area contributed by atoms with Crippen LogP contribution in [0.2, 0.25) is 0 Å². The van der Waals surface area contributed by atoms with Crippen molar-refractivity contribution < 1.29 is 13.9 Å². The number of hydrogen-bond donors (Lipinski definition) is 0. The van der Waals surface area contributed by atoms with E-state index in [1.54, 1.807) is 19.2 Å². The molecule has 0 N–H and O–H groups in total. The zero-order valence-corrected chi connectivity index (χ0v) is 9.52. The van der Waals surface area contributed by atoms with Crippen molar-refractivity contribution in [1.82, 2.24) is 0 Å². The molecule has 88 valence electrons. The second-order valence-corrected chi connectivity index (χ2v) is 3.55. The lowest BCUT2D eigenvalue weighted by atomic mass is 10.2. The Morgan fingerprint density at radius 1 is 1.00 bits per heavy atom. The van der Waals surface area contributed by atoms with E-state index in [1.807, 2.05) is 24.3 Å². The molecule has 0 unspecified atom stereocenters. The smallest absolute Gasteiger partial charge is 0.125 e. The molecule has 2 nitrogen and oxygen atoms in total. The molecule has 0 spiro atoms. The number of para-hydroxylation sites is 1. The zero-order chi connectivity index (χ0) is 12.1. The van der Waals surface area contributed by atoms with Crippen LogP contribution in [0.3, 0.4) is 0 Å². The fraction of sp³-hybridized carbons (Fsp3) is 0.143. The van der Waals surface area contributed by atoms with Crippen molar-refractivity contribution in [2.24, 2.45) is 0 Å². The third-order valence-corrected chi connectivity index (χ3v) is 2.40. The molecule has 0 radical (unpaired) electrons. The minimum Gasteiger partial charge on any atom is -0.496 e. The van der Waals surface area contributed by atoms with Crippen molar-refractivity contribution in [2.45, 2.75) is 6.61 Å². The average Bonchev–Trinajstić information content (AvgIpc) is 2.38. The van der Waals surface area contributed by atoms with Gasteiger partial charge in [0.1, 0.15) is 23.9 Å². The van der Waals surface area contributed by atoms with Crippen molar-refractivity contribution in [3.8, 4) is 11.5 Å². The van der Waals surface area contributed by atoms with Crippen LogP contribution in [0.25, 0.3) is 0 Å². The van der Waals surface area contributed by atoms with Gasteiger partial charge in [0.15, 0.2) is 0 Å². The molecule has 0 saturated heterocycles. The predicted octanol–water partition coefficient (Wildman–Crippen LogP) is 3.41. The quantitative estimate of drug-likeness (QED) is 0.804. The third-order valence-electron chi connectivity index (χ3n) is 2.40. The third kappa shape index (κ3) is 2.97. The highest BCUT2D eigenvalue weighted by molar-refractivity contribution is 5.33. The number of halogens is 1. The second-order valence-electron chi connectivity index (χ2n) is 3.55. The summed E-state index contributed by atoms with van der Waals surface area (Å²) in [7, 11) is 1.62. The Labute approximate surface area is 99.6 Å². The maximum atomic E-state index is 12.7. The van der Waals surface area contributed by atoms with E-state index in [1.165, 1.54) is 12.1 Å². The van der Waals surface area contributed by atoms with E-state index in [-0.39, 0.29) is 5.82 Å². The topological polar surface area (TPSA) is 18.5 Å². The summed E-state index contributed by atoms with van der Waals surface area (Å²) in [6, 6.07) is 13.6. The van der Waals surface area contributed by atoms with E-state index in [0.717, 1.165) is 11.3 Å². The van der Waals surface area contributed by atoms with Gasteiger partial charge in [0.05, 0.1) is 7.11 Å². The second kappa shape index (κ2) is 5.34. The van der Waals surface area contributed by atoms with Gasteiger partial charge in [-0.3, -0.25) is 0 Å². The predicted molar refractivity (Wildman–Crippen MR) is 63.7 cm³/mol. The lowest BCUT2D eigenvalue weighted by Gasteiger charge is -2.09. The molecule has 0 atom stereocenters. The molecule has 17 heavy (non-hydrogen) atoms. The van der Waals surface area contributed by atoms with Crippen LogP contribution >= 0.6 is 0 Å². The lowest BCUT2D eigenvalue weighted by molar-refractivity contribution is 0.296. The Hall–Kier alpha value is -2.03. The Bertz CT molecular complexity index is 480. The summed E-state index contributed by atoms with van der Waals surface area (Å²) in [5.74, 6) is 1.15. The van der Waals surface area contributed by atoms with Gasteiger partial charge in [-0.25, -0.2) is 4.39 Å². The van der Waals surface area contributed by atoms with Crippen molar-refractivity contribution in [3.63, 3.8) is 0 Å². The van der Waals surface area contributed by atoms with Crippen molar-refractivity contribution in [2.75, 3.05) is 7.11 Å². The molecule has 0 saturated carbocycles. The summed E-state index contributed by atoms with van der Waals surface area (Å²) in [5.41, 5.74) is 0.958. The van der Waals surface area contributed by atoms with E-state index in [9.17, 15) is 4.39 Å². The minimum atomic E-state index is -0.269. The van der Waals surface area contributed by atoms with Crippen molar-refractivity contribution in [3.05, 3.63) is 59.9 Å². The van der Waals surface area contributed by atoms with Crippen LogP contribution < -0.4 is 9.47 Å². The highest BCUT2D eigenvalue weighted by Gasteiger charge is 2.02. The highest BCUT2D eigenvalue weighted by atomic mass is 19.1. The minimum absolute atomic E-state index is 0.269. The lowest BCUT2D eigenvalue weighted by Crippen LogP contribution is -1.98. The van der Waals surface area contributed by atoms with Crippen LogP contribution in [0.4, 0.5) is 4.39 Å². The van der Waals surface area contributed by atoms with Gasteiger partial charge in [-0.05, 0) is 30.3 Å². The van der Waals surface area contributed by atoms with Gasteiger partial charge in [0.2, 0.25) is 0 Å². The molecule has 0 bridgehead atoms. The van der Waals surface area contributed by atoms with Gasteiger partial charge >= 0.3 is 0 Å². The Morgan fingerprint density at radius 2 is 1.71 bits per heavy atom. The number of hydrogen-bond acceptors (Lipinski definition) is 2. The first-order valence-corrected chi connectivity index (χ1v) is 5.30. The van der Waals surface area contributed by atoms with E-state index in [0.29, 0.717) is 12.4 Å². The monoisotopic (exact) mass is 232 g/mol. The van der Waals surface area contributed by atoms with Crippen LogP contribution in [-0.4, -0.2) is 7.11 Å². The number of benzene rings is 2. The Kier molecular flexibility index (Phi) is 3.60. The summed E-state index contributed by atoms with van der Waals surface area (Å²) < 4.78 is 23.4. The Balaban J connectivity index is 2.04. The molecule has 0 aliphatic heterocycles.